The van der Waals surface area contributed by atoms with Crippen molar-refractivity contribution in [3.63, 3.8) is 0 Å². The fraction of sp³-hybridized carbons (Fsp3) is 0.0417. The molecule has 0 atom stereocenters. The van der Waals surface area contributed by atoms with Gasteiger partial charge in [-0.15, -0.1) is 0 Å². The topological polar surface area (TPSA) is 89.1 Å². The zero-order valence-electron chi connectivity index (χ0n) is 17.2. The quantitative estimate of drug-likeness (QED) is 0.299. The predicted molar refractivity (Wildman–Crippen MR) is 129 cm³/mol. The van der Waals surface area contributed by atoms with E-state index in [9.17, 15) is 4.79 Å². The largest absolute Gasteiger partial charge is 0.496 e. The molecule has 0 radical (unpaired) electrons. The minimum atomic E-state index is -0.653. The number of carbonyl (C=O) groups is 1. The van der Waals surface area contributed by atoms with Crippen LogP contribution in [0.2, 0.25) is 10.0 Å². The molecule has 0 aliphatic heterocycles. The molecule has 0 unspecified atom stereocenters. The highest BCUT2D eigenvalue weighted by atomic mass is 35.5. The van der Waals surface area contributed by atoms with E-state index < -0.39 is 6.09 Å². The molecule has 2 heterocycles. The van der Waals surface area contributed by atoms with E-state index in [0.29, 0.717) is 49.8 Å². The molecular weight excluding hydrogens is 463 g/mol. The van der Waals surface area contributed by atoms with Crippen LogP contribution in [0, 0.1) is 0 Å². The molecule has 0 saturated carbocycles. The Bertz CT molecular complexity index is 1520. The Kier molecular flexibility index (Phi) is 5.50. The molecule has 0 saturated heterocycles. The molecule has 0 spiro atoms. The number of pyridine rings is 1. The smallest absolute Gasteiger partial charge is 0.418 e. The van der Waals surface area contributed by atoms with E-state index in [0.717, 1.165) is 10.9 Å². The van der Waals surface area contributed by atoms with Gasteiger partial charge >= 0.3 is 6.09 Å². The Balaban J connectivity index is 1.38. The number of aromatic nitrogens is 3. The van der Waals surface area contributed by atoms with E-state index in [1.807, 2.05) is 30.3 Å². The lowest BCUT2D eigenvalue weighted by Gasteiger charge is -2.08. The Morgan fingerprint density at radius 3 is 2.67 bits per heavy atom. The average molecular weight is 479 g/mol. The van der Waals surface area contributed by atoms with Crippen LogP contribution in [0.15, 0.2) is 66.7 Å². The maximum atomic E-state index is 12.4. The number of halogens is 2. The Morgan fingerprint density at radius 2 is 1.82 bits per heavy atom. The first-order valence-electron chi connectivity index (χ1n) is 9.88. The van der Waals surface area contributed by atoms with E-state index in [1.54, 1.807) is 36.4 Å². The van der Waals surface area contributed by atoms with E-state index in [4.69, 9.17) is 32.7 Å². The summed E-state index contributed by atoms with van der Waals surface area (Å²) in [5, 5.41) is 4.48. The SMILES string of the molecule is COc1cc(Cl)cc(Cl)c1-c1nc2ccc(OC(=O)Nc3ccc4ccccc4n3)cc2[nH]1. The number of aromatic amines is 1. The molecule has 0 aliphatic rings. The van der Waals surface area contributed by atoms with Gasteiger partial charge in [-0.05, 0) is 42.5 Å². The number of nitrogens with one attached hydrogen (secondary N) is 2. The average Bonchev–Trinajstić information content (AvgIpc) is 3.21. The standard InChI is InChI=1S/C24H16Cl2N4O3/c1-32-20-11-14(25)10-16(26)22(20)23-28-18-8-7-15(12-19(18)29-23)33-24(31)30-21-9-6-13-4-2-3-5-17(13)27-21/h2-12H,1H3,(H,28,29)(H,27,30,31). The minimum Gasteiger partial charge on any atom is -0.496 e. The third-order valence-electron chi connectivity index (χ3n) is 4.97. The van der Waals surface area contributed by atoms with Crippen molar-refractivity contribution in [2.45, 2.75) is 0 Å². The van der Waals surface area contributed by atoms with Crippen molar-refractivity contribution < 1.29 is 14.3 Å². The van der Waals surface area contributed by atoms with Gasteiger partial charge in [-0.25, -0.2) is 14.8 Å². The second-order valence-corrected chi connectivity index (χ2v) is 7.98. The normalized spacial score (nSPS) is 11.0. The van der Waals surface area contributed by atoms with Crippen LogP contribution in [0.1, 0.15) is 0 Å². The van der Waals surface area contributed by atoms with Gasteiger partial charge in [-0.1, -0.05) is 41.4 Å². The molecular formula is C24H16Cl2N4O3. The summed E-state index contributed by atoms with van der Waals surface area (Å²) < 4.78 is 10.8. The van der Waals surface area contributed by atoms with Crippen molar-refractivity contribution in [3.8, 4) is 22.9 Å². The number of para-hydroxylation sites is 1. The van der Waals surface area contributed by atoms with Crippen LogP contribution in [-0.4, -0.2) is 28.2 Å². The fourth-order valence-corrected chi connectivity index (χ4v) is 4.05. The summed E-state index contributed by atoms with van der Waals surface area (Å²) in [7, 11) is 1.53. The maximum absolute atomic E-state index is 12.4. The Morgan fingerprint density at radius 1 is 0.970 bits per heavy atom. The number of fused-ring (bicyclic) bond motifs is 2. The third kappa shape index (κ3) is 4.28. The number of ether oxygens (including phenoxy) is 2. The van der Waals surface area contributed by atoms with Crippen LogP contribution < -0.4 is 14.8 Å². The van der Waals surface area contributed by atoms with E-state index in [2.05, 4.69) is 20.3 Å². The first-order valence-corrected chi connectivity index (χ1v) is 10.6. The summed E-state index contributed by atoms with van der Waals surface area (Å²) >= 11 is 12.5. The van der Waals surface area contributed by atoms with Gasteiger partial charge in [-0.2, -0.15) is 0 Å². The molecule has 5 aromatic rings. The van der Waals surface area contributed by atoms with Crippen LogP contribution >= 0.6 is 23.2 Å². The van der Waals surface area contributed by atoms with E-state index in [1.165, 1.54) is 7.11 Å². The van der Waals surface area contributed by atoms with Gasteiger partial charge in [-0.3, -0.25) is 5.32 Å². The number of anilines is 1. The highest BCUT2D eigenvalue weighted by molar-refractivity contribution is 6.36. The van der Waals surface area contributed by atoms with Crippen molar-refractivity contribution in [1.82, 2.24) is 15.0 Å². The molecule has 2 aromatic heterocycles. The summed E-state index contributed by atoms with van der Waals surface area (Å²) in [6.45, 7) is 0. The molecule has 2 N–H and O–H groups in total. The third-order valence-corrected chi connectivity index (χ3v) is 5.48. The first kappa shape index (κ1) is 21.1. The van der Waals surface area contributed by atoms with Crippen molar-refractivity contribution >= 4 is 57.0 Å². The van der Waals surface area contributed by atoms with Crippen molar-refractivity contribution in [2.75, 3.05) is 12.4 Å². The number of imidazole rings is 1. The fourth-order valence-electron chi connectivity index (χ4n) is 3.48. The lowest BCUT2D eigenvalue weighted by molar-refractivity contribution is 0.215. The number of methoxy groups -OCH3 is 1. The van der Waals surface area contributed by atoms with Crippen LogP contribution in [-0.2, 0) is 0 Å². The molecule has 33 heavy (non-hydrogen) atoms. The number of rotatable bonds is 4. The molecule has 5 rings (SSSR count). The summed E-state index contributed by atoms with van der Waals surface area (Å²) in [6, 6.07) is 19.6. The van der Waals surface area contributed by atoms with Crippen LogP contribution in [0.4, 0.5) is 10.6 Å². The highest BCUT2D eigenvalue weighted by Gasteiger charge is 2.17. The van der Waals surface area contributed by atoms with E-state index in [-0.39, 0.29) is 0 Å². The zero-order valence-corrected chi connectivity index (χ0v) is 18.7. The molecule has 0 aliphatic carbocycles. The molecule has 0 fully saturated rings. The lowest BCUT2D eigenvalue weighted by Crippen LogP contribution is -2.17. The van der Waals surface area contributed by atoms with Crippen LogP contribution in [0.5, 0.6) is 11.5 Å². The molecule has 1 amide bonds. The van der Waals surface area contributed by atoms with Crippen LogP contribution in [0.25, 0.3) is 33.3 Å². The summed E-state index contributed by atoms with van der Waals surface area (Å²) in [6.07, 6.45) is -0.653. The molecule has 7 nitrogen and oxygen atoms in total. The van der Waals surface area contributed by atoms with Crippen molar-refractivity contribution in [3.05, 3.63) is 76.8 Å². The highest BCUT2D eigenvalue weighted by Crippen LogP contribution is 2.38. The van der Waals surface area contributed by atoms with Gasteiger partial charge in [0.25, 0.3) is 0 Å². The molecule has 3 aromatic carbocycles. The zero-order chi connectivity index (χ0) is 22.9. The van der Waals surface area contributed by atoms with Gasteiger partial charge in [0.05, 0.1) is 34.2 Å². The minimum absolute atomic E-state index is 0.338. The number of amides is 1. The second-order valence-electron chi connectivity index (χ2n) is 7.13. The van der Waals surface area contributed by atoms with Crippen LogP contribution in [0.3, 0.4) is 0 Å². The van der Waals surface area contributed by atoms with E-state index >= 15 is 0 Å². The maximum Gasteiger partial charge on any atom is 0.418 e. The van der Waals surface area contributed by atoms with Gasteiger partial charge in [0.1, 0.15) is 23.1 Å². The Labute approximate surface area is 198 Å². The number of nitrogens with zero attached hydrogens (tertiary/aromatic N) is 2. The van der Waals surface area contributed by atoms with Gasteiger partial charge in [0.2, 0.25) is 0 Å². The first-order chi connectivity index (χ1) is 16.0. The van der Waals surface area contributed by atoms with Gasteiger partial charge in [0, 0.05) is 16.5 Å². The summed E-state index contributed by atoms with van der Waals surface area (Å²) in [5.41, 5.74) is 2.69. The molecule has 0 bridgehead atoms. The number of benzene rings is 3. The summed E-state index contributed by atoms with van der Waals surface area (Å²) in [5.74, 6) is 1.73. The van der Waals surface area contributed by atoms with Crippen molar-refractivity contribution in [2.24, 2.45) is 0 Å². The number of carbonyl (C=O) groups excluding carboxylic acids is 1. The number of hydrogen-bond donors (Lipinski definition) is 2. The summed E-state index contributed by atoms with van der Waals surface area (Å²) in [4.78, 5) is 24.6. The van der Waals surface area contributed by atoms with Gasteiger partial charge in [0.15, 0.2) is 0 Å². The Hall–Kier alpha value is -3.81. The van der Waals surface area contributed by atoms with Crippen molar-refractivity contribution in [1.29, 1.82) is 0 Å². The predicted octanol–water partition coefficient (Wildman–Crippen LogP) is 6.70. The lowest BCUT2D eigenvalue weighted by atomic mass is 10.2. The van der Waals surface area contributed by atoms with Gasteiger partial charge < -0.3 is 14.5 Å². The molecule has 164 valence electrons. The monoisotopic (exact) mass is 478 g/mol. The number of H-pyrrole nitrogens is 1. The molecule has 9 heteroatoms. The number of hydrogen-bond acceptors (Lipinski definition) is 5. The second kappa shape index (κ2) is 8.61.